The minimum absolute atomic E-state index is 0.111. The maximum absolute atomic E-state index is 5.78. The summed E-state index contributed by atoms with van der Waals surface area (Å²) in [4.78, 5) is 0. The number of ether oxygens (including phenoxy) is 3. The van der Waals surface area contributed by atoms with E-state index >= 15 is 0 Å². The van der Waals surface area contributed by atoms with Gasteiger partial charge in [-0.1, -0.05) is 6.07 Å². The molecule has 0 aromatic heterocycles. The number of hydrogen-bond acceptors (Lipinski definition) is 4. The van der Waals surface area contributed by atoms with Gasteiger partial charge in [0, 0.05) is 17.6 Å². The van der Waals surface area contributed by atoms with Gasteiger partial charge in [0.05, 0.1) is 26.9 Å². The van der Waals surface area contributed by atoms with Gasteiger partial charge in [0.15, 0.2) is 0 Å². The van der Waals surface area contributed by atoms with Crippen molar-refractivity contribution in [1.29, 1.82) is 0 Å². The normalized spacial score (nSPS) is 16.0. The summed E-state index contributed by atoms with van der Waals surface area (Å²) in [6.45, 7) is 9.31. The number of hydrogen-bond donors (Lipinski definition) is 1. The number of nitrogens with one attached hydrogen (secondary N) is 1. The van der Waals surface area contributed by atoms with Crippen LogP contribution in [0.5, 0.6) is 5.75 Å². The molecular formula is C16H25NO3. The van der Waals surface area contributed by atoms with Gasteiger partial charge in [-0.2, -0.15) is 0 Å². The predicted octanol–water partition coefficient (Wildman–Crippen LogP) is 2.50. The molecule has 1 aliphatic heterocycles. The van der Waals surface area contributed by atoms with Crippen LogP contribution in [-0.4, -0.2) is 32.0 Å². The molecule has 0 spiro atoms. The summed E-state index contributed by atoms with van der Waals surface area (Å²) >= 11 is 0. The first-order valence-corrected chi connectivity index (χ1v) is 7.08. The van der Waals surface area contributed by atoms with Gasteiger partial charge >= 0.3 is 0 Å². The molecular weight excluding hydrogens is 254 g/mol. The van der Waals surface area contributed by atoms with Gasteiger partial charge in [0.1, 0.15) is 11.9 Å². The lowest BCUT2D eigenvalue weighted by Crippen LogP contribution is -2.36. The van der Waals surface area contributed by atoms with Crippen molar-refractivity contribution in [3.05, 3.63) is 29.3 Å². The summed E-state index contributed by atoms with van der Waals surface area (Å²) in [6.07, 6.45) is 0.232. The Kier molecular flexibility index (Phi) is 5.02. The molecule has 4 heteroatoms. The average Bonchev–Trinajstić information content (AvgIpc) is 2.34. The SMILES string of the molecule is COc1ccc(CNC(C)(C)C)cc1COC1COC1. The highest BCUT2D eigenvalue weighted by Gasteiger charge is 2.19. The summed E-state index contributed by atoms with van der Waals surface area (Å²) in [5.41, 5.74) is 2.44. The van der Waals surface area contributed by atoms with Crippen LogP contribution in [0.15, 0.2) is 18.2 Å². The Morgan fingerprint density at radius 3 is 2.60 bits per heavy atom. The molecule has 4 nitrogen and oxygen atoms in total. The van der Waals surface area contributed by atoms with E-state index in [4.69, 9.17) is 14.2 Å². The molecule has 0 saturated carbocycles. The quantitative estimate of drug-likeness (QED) is 0.868. The van der Waals surface area contributed by atoms with Crippen molar-refractivity contribution in [2.45, 2.75) is 45.6 Å². The zero-order chi connectivity index (χ0) is 14.6. The van der Waals surface area contributed by atoms with Crippen molar-refractivity contribution in [1.82, 2.24) is 5.32 Å². The Morgan fingerprint density at radius 1 is 1.30 bits per heavy atom. The molecule has 1 saturated heterocycles. The van der Waals surface area contributed by atoms with Crippen molar-refractivity contribution in [2.75, 3.05) is 20.3 Å². The zero-order valence-electron chi connectivity index (χ0n) is 12.9. The van der Waals surface area contributed by atoms with Crippen LogP contribution < -0.4 is 10.1 Å². The first-order valence-electron chi connectivity index (χ1n) is 7.08. The summed E-state index contributed by atoms with van der Waals surface area (Å²) in [7, 11) is 1.69. The van der Waals surface area contributed by atoms with E-state index in [0.717, 1.165) is 17.9 Å². The second-order valence-electron chi connectivity index (χ2n) is 6.22. The Balaban J connectivity index is 1.99. The van der Waals surface area contributed by atoms with Crippen LogP contribution in [0.1, 0.15) is 31.9 Å². The molecule has 0 amide bonds. The van der Waals surface area contributed by atoms with Crippen LogP contribution in [-0.2, 0) is 22.6 Å². The second kappa shape index (κ2) is 6.57. The van der Waals surface area contributed by atoms with Crippen molar-refractivity contribution in [2.24, 2.45) is 0 Å². The van der Waals surface area contributed by atoms with Crippen LogP contribution in [0.2, 0.25) is 0 Å². The zero-order valence-corrected chi connectivity index (χ0v) is 12.9. The van der Waals surface area contributed by atoms with Gasteiger partial charge in [-0.25, -0.2) is 0 Å². The fraction of sp³-hybridized carbons (Fsp3) is 0.625. The fourth-order valence-electron chi connectivity index (χ4n) is 1.94. The highest BCUT2D eigenvalue weighted by molar-refractivity contribution is 5.37. The van der Waals surface area contributed by atoms with E-state index in [9.17, 15) is 0 Å². The minimum Gasteiger partial charge on any atom is -0.496 e. The van der Waals surface area contributed by atoms with Gasteiger partial charge in [0.2, 0.25) is 0 Å². The standard InChI is InChI=1S/C16H25NO3/c1-16(2,3)17-8-12-5-6-15(18-4)13(7-12)9-20-14-10-19-11-14/h5-7,14,17H,8-11H2,1-4H3. The molecule has 0 unspecified atom stereocenters. The Hall–Kier alpha value is -1.10. The summed E-state index contributed by atoms with van der Waals surface area (Å²) in [5, 5.41) is 3.49. The van der Waals surface area contributed by atoms with E-state index in [1.165, 1.54) is 5.56 Å². The maximum atomic E-state index is 5.78. The molecule has 1 aliphatic rings. The third-order valence-electron chi connectivity index (χ3n) is 3.25. The summed E-state index contributed by atoms with van der Waals surface area (Å²) in [5.74, 6) is 0.879. The monoisotopic (exact) mass is 279 g/mol. The lowest BCUT2D eigenvalue weighted by Gasteiger charge is -2.26. The van der Waals surface area contributed by atoms with Crippen LogP contribution in [0, 0.1) is 0 Å². The van der Waals surface area contributed by atoms with Gasteiger partial charge in [-0.15, -0.1) is 0 Å². The fourth-order valence-corrected chi connectivity index (χ4v) is 1.94. The second-order valence-corrected chi connectivity index (χ2v) is 6.22. The molecule has 1 fully saturated rings. The highest BCUT2D eigenvalue weighted by Crippen LogP contribution is 2.22. The molecule has 0 bridgehead atoms. The first kappa shape index (κ1) is 15.3. The first-order chi connectivity index (χ1) is 9.48. The van der Waals surface area contributed by atoms with E-state index in [1.807, 2.05) is 6.07 Å². The van der Waals surface area contributed by atoms with Crippen molar-refractivity contribution in [3.63, 3.8) is 0 Å². The van der Waals surface area contributed by atoms with Gasteiger partial charge in [-0.3, -0.25) is 0 Å². The van der Waals surface area contributed by atoms with Gasteiger partial charge in [-0.05, 0) is 38.5 Å². The van der Waals surface area contributed by atoms with Crippen molar-refractivity contribution < 1.29 is 14.2 Å². The lowest BCUT2D eigenvalue weighted by atomic mass is 10.1. The molecule has 20 heavy (non-hydrogen) atoms. The molecule has 1 aromatic rings. The van der Waals surface area contributed by atoms with Crippen molar-refractivity contribution in [3.8, 4) is 5.75 Å². The molecule has 1 N–H and O–H groups in total. The predicted molar refractivity (Wildman–Crippen MR) is 79.0 cm³/mol. The number of rotatable bonds is 6. The van der Waals surface area contributed by atoms with E-state index in [2.05, 4.69) is 38.2 Å². The third kappa shape index (κ3) is 4.47. The minimum atomic E-state index is 0.111. The molecule has 112 valence electrons. The third-order valence-corrected chi connectivity index (χ3v) is 3.25. The van der Waals surface area contributed by atoms with Crippen LogP contribution >= 0.6 is 0 Å². The summed E-state index contributed by atoms with van der Waals surface area (Å²) < 4.78 is 16.3. The van der Waals surface area contributed by atoms with E-state index in [1.54, 1.807) is 7.11 Å². The Labute approximate surface area is 121 Å². The van der Waals surface area contributed by atoms with Crippen molar-refractivity contribution >= 4 is 0 Å². The molecule has 1 aromatic carbocycles. The van der Waals surface area contributed by atoms with E-state index < -0.39 is 0 Å². The van der Waals surface area contributed by atoms with E-state index in [-0.39, 0.29) is 11.6 Å². The van der Waals surface area contributed by atoms with Crippen LogP contribution in [0.25, 0.3) is 0 Å². The van der Waals surface area contributed by atoms with Crippen LogP contribution in [0.3, 0.4) is 0 Å². The molecule has 0 atom stereocenters. The van der Waals surface area contributed by atoms with Gasteiger partial charge < -0.3 is 19.5 Å². The highest BCUT2D eigenvalue weighted by atomic mass is 16.6. The van der Waals surface area contributed by atoms with Crippen LogP contribution in [0.4, 0.5) is 0 Å². The summed E-state index contributed by atoms with van der Waals surface area (Å²) in [6, 6.07) is 6.25. The topological polar surface area (TPSA) is 39.7 Å². The molecule has 1 heterocycles. The number of benzene rings is 1. The Morgan fingerprint density at radius 2 is 2.05 bits per heavy atom. The largest absolute Gasteiger partial charge is 0.496 e. The number of methoxy groups -OCH3 is 1. The smallest absolute Gasteiger partial charge is 0.124 e. The molecule has 0 radical (unpaired) electrons. The lowest BCUT2D eigenvalue weighted by molar-refractivity contribution is -0.135. The molecule has 2 rings (SSSR count). The van der Waals surface area contributed by atoms with Gasteiger partial charge in [0.25, 0.3) is 0 Å². The van der Waals surface area contributed by atoms with E-state index in [0.29, 0.717) is 19.8 Å². The average molecular weight is 279 g/mol. The molecule has 0 aliphatic carbocycles. The maximum Gasteiger partial charge on any atom is 0.124 e. The Bertz CT molecular complexity index is 436.